The van der Waals surface area contributed by atoms with E-state index in [1.807, 2.05) is 0 Å². The summed E-state index contributed by atoms with van der Waals surface area (Å²) in [6, 6.07) is 0. The Hall–Kier alpha value is -0.610. The van der Waals surface area contributed by atoms with Crippen LogP contribution in [0.4, 0.5) is 0 Å². The minimum atomic E-state index is -0.291. The largest absolute Gasteiger partial charge is 0.464 e. The maximum Gasteiger partial charge on any atom is 0.332 e. The van der Waals surface area contributed by atoms with E-state index in [1.54, 1.807) is 6.92 Å². The highest BCUT2D eigenvalue weighted by molar-refractivity contribution is 5.70. The SMILES string of the molecule is CCOC(=O)COCCN(C)CC(C)(C)C. The molecule has 0 aromatic carbocycles. The number of likely N-dealkylation sites (N-methyl/N-ethyl adjacent to an activating group) is 1. The van der Waals surface area contributed by atoms with Crippen molar-refractivity contribution in [1.82, 2.24) is 4.90 Å². The number of hydrogen-bond acceptors (Lipinski definition) is 4. The average molecular weight is 231 g/mol. The Balaban J connectivity index is 3.48. The Morgan fingerprint density at radius 1 is 1.31 bits per heavy atom. The first-order valence-corrected chi connectivity index (χ1v) is 5.77. The van der Waals surface area contributed by atoms with E-state index in [0.717, 1.165) is 13.1 Å². The van der Waals surface area contributed by atoms with E-state index < -0.39 is 0 Å². The van der Waals surface area contributed by atoms with Crippen LogP contribution in [0, 0.1) is 5.41 Å². The Morgan fingerprint density at radius 3 is 2.44 bits per heavy atom. The highest BCUT2D eigenvalue weighted by Crippen LogP contribution is 2.13. The highest BCUT2D eigenvalue weighted by Gasteiger charge is 2.13. The van der Waals surface area contributed by atoms with Gasteiger partial charge in [-0.15, -0.1) is 0 Å². The van der Waals surface area contributed by atoms with Crippen molar-refractivity contribution in [3.63, 3.8) is 0 Å². The van der Waals surface area contributed by atoms with Gasteiger partial charge in [-0.1, -0.05) is 20.8 Å². The number of ether oxygens (including phenoxy) is 2. The molecular formula is C12H25NO3. The molecule has 0 aliphatic carbocycles. The second kappa shape index (κ2) is 7.63. The third-order valence-corrected chi connectivity index (χ3v) is 1.89. The summed E-state index contributed by atoms with van der Waals surface area (Å²) in [6.45, 7) is 11.2. The molecule has 0 bridgehead atoms. The van der Waals surface area contributed by atoms with Crippen LogP contribution >= 0.6 is 0 Å². The van der Waals surface area contributed by atoms with Crippen molar-refractivity contribution in [1.29, 1.82) is 0 Å². The van der Waals surface area contributed by atoms with Crippen molar-refractivity contribution >= 4 is 5.97 Å². The van der Waals surface area contributed by atoms with Crippen molar-refractivity contribution in [2.24, 2.45) is 5.41 Å². The molecule has 0 aliphatic heterocycles. The summed E-state index contributed by atoms with van der Waals surface area (Å²) < 4.78 is 9.97. The zero-order valence-corrected chi connectivity index (χ0v) is 11.2. The van der Waals surface area contributed by atoms with Gasteiger partial charge in [0, 0.05) is 13.1 Å². The molecule has 0 unspecified atom stereocenters. The summed E-state index contributed by atoms with van der Waals surface area (Å²) in [5.74, 6) is -0.291. The van der Waals surface area contributed by atoms with Crippen LogP contribution in [-0.2, 0) is 14.3 Å². The molecule has 0 aromatic heterocycles. The van der Waals surface area contributed by atoms with Gasteiger partial charge < -0.3 is 14.4 Å². The number of carbonyl (C=O) groups is 1. The van der Waals surface area contributed by atoms with Crippen LogP contribution in [0.2, 0.25) is 0 Å². The van der Waals surface area contributed by atoms with E-state index in [-0.39, 0.29) is 18.0 Å². The molecule has 0 atom stereocenters. The lowest BCUT2D eigenvalue weighted by molar-refractivity contribution is -0.148. The van der Waals surface area contributed by atoms with Crippen molar-refractivity contribution in [3.05, 3.63) is 0 Å². The minimum Gasteiger partial charge on any atom is -0.464 e. The van der Waals surface area contributed by atoms with Crippen molar-refractivity contribution in [3.8, 4) is 0 Å². The first kappa shape index (κ1) is 15.4. The molecule has 96 valence electrons. The fourth-order valence-electron chi connectivity index (χ4n) is 1.47. The molecule has 0 saturated carbocycles. The lowest BCUT2D eigenvalue weighted by Crippen LogP contribution is -2.32. The molecule has 0 saturated heterocycles. The van der Waals surface area contributed by atoms with E-state index in [1.165, 1.54) is 0 Å². The molecule has 0 rings (SSSR count). The Morgan fingerprint density at radius 2 is 1.94 bits per heavy atom. The van der Waals surface area contributed by atoms with E-state index >= 15 is 0 Å². The topological polar surface area (TPSA) is 38.8 Å². The first-order chi connectivity index (χ1) is 7.35. The highest BCUT2D eigenvalue weighted by atomic mass is 16.6. The van der Waals surface area contributed by atoms with Gasteiger partial charge in [0.05, 0.1) is 13.2 Å². The van der Waals surface area contributed by atoms with E-state index in [2.05, 4.69) is 32.7 Å². The van der Waals surface area contributed by atoms with Crippen LogP contribution in [0.5, 0.6) is 0 Å². The van der Waals surface area contributed by atoms with Crippen LogP contribution in [0.25, 0.3) is 0 Å². The summed E-state index contributed by atoms with van der Waals surface area (Å²) in [7, 11) is 2.05. The summed E-state index contributed by atoms with van der Waals surface area (Å²) >= 11 is 0. The number of carbonyl (C=O) groups excluding carboxylic acids is 1. The molecule has 0 fully saturated rings. The van der Waals surface area contributed by atoms with Gasteiger partial charge >= 0.3 is 5.97 Å². The second-order valence-electron chi connectivity index (χ2n) is 5.16. The van der Waals surface area contributed by atoms with E-state index in [4.69, 9.17) is 9.47 Å². The van der Waals surface area contributed by atoms with E-state index in [0.29, 0.717) is 13.2 Å². The van der Waals surface area contributed by atoms with Crippen molar-refractivity contribution in [2.45, 2.75) is 27.7 Å². The third kappa shape index (κ3) is 9.93. The summed E-state index contributed by atoms with van der Waals surface area (Å²) in [5.41, 5.74) is 0.288. The van der Waals surface area contributed by atoms with Gasteiger partial charge in [0.2, 0.25) is 0 Å². The summed E-state index contributed by atoms with van der Waals surface area (Å²) in [5, 5.41) is 0. The van der Waals surface area contributed by atoms with Gasteiger partial charge in [-0.2, -0.15) is 0 Å². The maximum atomic E-state index is 11.0. The van der Waals surface area contributed by atoms with Gasteiger partial charge in [-0.3, -0.25) is 0 Å². The second-order valence-corrected chi connectivity index (χ2v) is 5.16. The smallest absolute Gasteiger partial charge is 0.332 e. The molecule has 0 aromatic rings. The standard InChI is InChI=1S/C12H25NO3/c1-6-16-11(14)9-15-8-7-13(5)10-12(2,3)4/h6-10H2,1-5H3. The Labute approximate surface area is 98.9 Å². The Kier molecular flexibility index (Phi) is 7.34. The third-order valence-electron chi connectivity index (χ3n) is 1.89. The molecule has 4 nitrogen and oxygen atoms in total. The quantitative estimate of drug-likeness (QED) is 0.492. The number of rotatable bonds is 7. The van der Waals surface area contributed by atoms with Crippen LogP contribution < -0.4 is 0 Å². The minimum absolute atomic E-state index is 0.0528. The fourth-order valence-corrected chi connectivity index (χ4v) is 1.47. The average Bonchev–Trinajstić information content (AvgIpc) is 2.10. The lowest BCUT2D eigenvalue weighted by Gasteiger charge is -2.26. The molecule has 0 heterocycles. The number of hydrogen-bond donors (Lipinski definition) is 0. The van der Waals surface area contributed by atoms with E-state index in [9.17, 15) is 4.79 Å². The van der Waals surface area contributed by atoms with Crippen molar-refractivity contribution < 1.29 is 14.3 Å². The molecule has 0 radical (unpaired) electrons. The zero-order valence-electron chi connectivity index (χ0n) is 11.2. The van der Waals surface area contributed by atoms with Gasteiger partial charge in [0.1, 0.15) is 6.61 Å². The first-order valence-electron chi connectivity index (χ1n) is 5.77. The van der Waals surface area contributed by atoms with Gasteiger partial charge in [0.15, 0.2) is 0 Å². The van der Waals surface area contributed by atoms with Crippen LogP contribution in [0.3, 0.4) is 0 Å². The number of esters is 1. The van der Waals surface area contributed by atoms with Crippen LogP contribution in [0.15, 0.2) is 0 Å². The Bertz CT molecular complexity index is 199. The predicted octanol–water partition coefficient (Wildman–Crippen LogP) is 1.54. The molecule has 0 amide bonds. The zero-order chi connectivity index (χ0) is 12.6. The van der Waals surface area contributed by atoms with Gasteiger partial charge in [-0.05, 0) is 19.4 Å². The lowest BCUT2D eigenvalue weighted by atomic mass is 9.96. The summed E-state index contributed by atoms with van der Waals surface area (Å²) in [6.07, 6.45) is 0. The fraction of sp³-hybridized carbons (Fsp3) is 0.917. The molecular weight excluding hydrogens is 206 g/mol. The molecule has 16 heavy (non-hydrogen) atoms. The number of nitrogens with zero attached hydrogens (tertiary/aromatic N) is 1. The maximum absolute atomic E-state index is 11.0. The summed E-state index contributed by atoms with van der Waals surface area (Å²) in [4.78, 5) is 13.2. The monoisotopic (exact) mass is 231 g/mol. The molecule has 0 aliphatic rings. The van der Waals surface area contributed by atoms with Crippen LogP contribution in [0.1, 0.15) is 27.7 Å². The van der Waals surface area contributed by atoms with Crippen LogP contribution in [-0.4, -0.2) is 50.8 Å². The van der Waals surface area contributed by atoms with Gasteiger partial charge in [0.25, 0.3) is 0 Å². The van der Waals surface area contributed by atoms with Gasteiger partial charge in [-0.25, -0.2) is 4.79 Å². The molecule has 0 N–H and O–H groups in total. The predicted molar refractivity (Wildman–Crippen MR) is 64.4 cm³/mol. The normalized spacial score (nSPS) is 11.9. The molecule has 0 spiro atoms. The molecule has 4 heteroatoms. The van der Waals surface area contributed by atoms with Crippen molar-refractivity contribution in [2.75, 3.05) is 40.0 Å².